The Hall–Kier alpha value is -1.99. The van der Waals surface area contributed by atoms with E-state index in [2.05, 4.69) is 27.8 Å². The van der Waals surface area contributed by atoms with Crippen molar-refractivity contribution in [3.05, 3.63) is 46.5 Å². The molecule has 7 heteroatoms. The Kier molecular flexibility index (Phi) is 5.68. The van der Waals surface area contributed by atoms with Crippen LogP contribution < -0.4 is 10.1 Å². The van der Waals surface area contributed by atoms with Crippen molar-refractivity contribution in [3.63, 3.8) is 0 Å². The number of thiocarbonyl (C=S) groups is 1. The van der Waals surface area contributed by atoms with E-state index in [4.69, 9.17) is 17.0 Å². The number of amides is 2. The summed E-state index contributed by atoms with van der Waals surface area (Å²) in [5.41, 5.74) is 0.630. The molecular formula is C16H15BrN2O3S. The summed E-state index contributed by atoms with van der Waals surface area (Å²) < 4.78 is 6.35. The third kappa shape index (κ3) is 3.86. The largest absolute Gasteiger partial charge is 0.493 e. The monoisotopic (exact) mass is 394 g/mol. The predicted octanol–water partition coefficient (Wildman–Crippen LogP) is 2.66. The van der Waals surface area contributed by atoms with Gasteiger partial charge in [-0.15, -0.1) is 6.58 Å². The van der Waals surface area contributed by atoms with E-state index < -0.39 is 11.8 Å². The molecule has 23 heavy (non-hydrogen) atoms. The van der Waals surface area contributed by atoms with Crippen LogP contribution in [0, 0.1) is 0 Å². The molecule has 2 rings (SSSR count). The standard InChI is InChI=1S/C16H15BrN2O3S/c1-3-7-19-15(21)12(14(20)18-16(19)23)9-10-8-11(17)5-6-13(10)22-4-2/h3,5-6,8-9H,1,4,7H2,2H3,(H,18,20,23). The normalized spacial score (nSPS) is 16.5. The average molecular weight is 395 g/mol. The molecule has 1 heterocycles. The topological polar surface area (TPSA) is 58.6 Å². The summed E-state index contributed by atoms with van der Waals surface area (Å²) in [7, 11) is 0. The summed E-state index contributed by atoms with van der Waals surface area (Å²) in [6.07, 6.45) is 3.05. The maximum Gasteiger partial charge on any atom is 0.265 e. The first-order chi connectivity index (χ1) is 11.0. The second-order valence-electron chi connectivity index (χ2n) is 4.64. The average Bonchev–Trinajstić information content (AvgIpc) is 2.50. The number of carbonyl (C=O) groups excluding carboxylic acids is 2. The molecule has 0 radical (unpaired) electrons. The van der Waals surface area contributed by atoms with Crippen molar-refractivity contribution in [2.45, 2.75) is 6.92 Å². The van der Waals surface area contributed by atoms with Crippen molar-refractivity contribution < 1.29 is 14.3 Å². The van der Waals surface area contributed by atoms with Gasteiger partial charge in [-0.1, -0.05) is 22.0 Å². The third-order valence-corrected chi connectivity index (χ3v) is 3.88. The van der Waals surface area contributed by atoms with Crippen LogP contribution in [0.5, 0.6) is 5.75 Å². The third-order valence-electron chi connectivity index (χ3n) is 3.07. The Labute approximate surface area is 148 Å². The molecule has 2 amide bonds. The Bertz CT molecular complexity index is 715. The van der Waals surface area contributed by atoms with Crippen LogP contribution in [0.3, 0.4) is 0 Å². The lowest BCUT2D eigenvalue weighted by molar-refractivity contribution is -0.128. The van der Waals surface area contributed by atoms with Crippen molar-refractivity contribution >= 4 is 51.2 Å². The Morgan fingerprint density at radius 1 is 1.43 bits per heavy atom. The number of rotatable bonds is 5. The number of benzene rings is 1. The molecule has 0 spiro atoms. The number of nitrogens with one attached hydrogen (secondary N) is 1. The number of ether oxygens (including phenoxy) is 1. The Balaban J connectivity index is 2.46. The van der Waals surface area contributed by atoms with Crippen molar-refractivity contribution in [2.75, 3.05) is 13.2 Å². The fraction of sp³-hybridized carbons (Fsp3) is 0.188. The Morgan fingerprint density at radius 3 is 2.83 bits per heavy atom. The van der Waals surface area contributed by atoms with Crippen LogP contribution in [0.4, 0.5) is 0 Å². The second-order valence-corrected chi connectivity index (χ2v) is 5.94. The summed E-state index contributed by atoms with van der Waals surface area (Å²) >= 11 is 8.39. The highest BCUT2D eigenvalue weighted by Crippen LogP contribution is 2.26. The van der Waals surface area contributed by atoms with E-state index in [0.29, 0.717) is 17.9 Å². The van der Waals surface area contributed by atoms with Gasteiger partial charge < -0.3 is 4.74 Å². The van der Waals surface area contributed by atoms with Crippen LogP contribution in [-0.2, 0) is 9.59 Å². The van der Waals surface area contributed by atoms with Gasteiger partial charge in [0.25, 0.3) is 11.8 Å². The van der Waals surface area contributed by atoms with Gasteiger partial charge >= 0.3 is 0 Å². The molecule has 1 aromatic carbocycles. The van der Waals surface area contributed by atoms with Gasteiger partial charge in [-0.25, -0.2) is 0 Å². The molecule has 0 unspecified atom stereocenters. The van der Waals surface area contributed by atoms with Gasteiger partial charge in [0.05, 0.1) is 6.61 Å². The zero-order chi connectivity index (χ0) is 17.0. The van der Waals surface area contributed by atoms with Gasteiger partial charge in [-0.2, -0.15) is 0 Å². The first-order valence-corrected chi connectivity index (χ1v) is 8.10. The van der Waals surface area contributed by atoms with E-state index in [-0.39, 0.29) is 17.2 Å². The zero-order valence-corrected chi connectivity index (χ0v) is 14.9. The fourth-order valence-electron chi connectivity index (χ4n) is 2.06. The predicted molar refractivity (Wildman–Crippen MR) is 95.9 cm³/mol. The molecular weight excluding hydrogens is 380 g/mol. The van der Waals surface area contributed by atoms with E-state index in [1.54, 1.807) is 18.2 Å². The number of nitrogens with zero attached hydrogens (tertiary/aromatic N) is 1. The van der Waals surface area contributed by atoms with E-state index in [9.17, 15) is 9.59 Å². The van der Waals surface area contributed by atoms with Gasteiger partial charge in [0.15, 0.2) is 5.11 Å². The molecule has 0 aliphatic carbocycles. The van der Waals surface area contributed by atoms with E-state index >= 15 is 0 Å². The Morgan fingerprint density at radius 2 is 2.17 bits per heavy atom. The van der Waals surface area contributed by atoms with Gasteiger partial charge in [0.1, 0.15) is 11.3 Å². The molecule has 1 fully saturated rings. The highest BCUT2D eigenvalue weighted by atomic mass is 79.9. The molecule has 1 aliphatic rings. The number of hydrogen-bond acceptors (Lipinski definition) is 4. The van der Waals surface area contributed by atoms with Gasteiger partial charge in [0, 0.05) is 16.6 Å². The first-order valence-electron chi connectivity index (χ1n) is 6.90. The van der Waals surface area contributed by atoms with Crippen LogP contribution in [0.2, 0.25) is 0 Å². The van der Waals surface area contributed by atoms with Crippen molar-refractivity contribution in [3.8, 4) is 5.75 Å². The quantitative estimate of drug-likeness (QED) is 0.361. The van der Waals surface area contributed by atoms with Crippen LogP contribution in [-0.4, -0.2) is 35.0 Å². The second kappa shape index (κ2) is 7.52. The smallest absolute Gasteiger partial charge is 0.265 e. The fourth-order valence-corrected chi connectivity index (χ4v) is 2.69. The molecule has 0 aromatic heterocycles. The summed E-state index contributed by atoms with van der Waals surface area (Å²) in [5.74, 6) is -0.393. The lowest BCUT2D eigenvalue weighted by Gasteiger charge is -2.27. The number of carbonyl (C=O) groups is 2. The highest BCUT2D eigenvalue weighted by Gasteiger charge is 2.32. The SMILES string of the molecule is C=CCN1C(=O)C(=Cc2cc(Br)ccc2OCC)C(=O)NC1=S. The summed E-state index contributed by atoms with van der Waals surface area (Å²) in [4.78, 5) is 25.9. The van der Waals surface area contributed by atoms with Gasteiger partial charge in [0.2, 0.25) is 0 Å². The molecule has 1 saturated heterocycles. The molecule has 5 nitrogen and oxygen atoms in total. The summed E-state index contributed by atoms with van der Waals surface area (Å²) in [6.45, 7) is 6.16. The maximum atomic E-state index is 12.5. The molecule has 0 atom stereocenters. The lowest BCUT2D eigenvalue weighted by Crippen LogP contribution is -2.53. The van der Waals surface area contributed by atoms with Gasteiger partial charge in [-0.3, -0.25) is 19.8 Å². The minimum absolute atomic E-state index is 0.000460. The summed E-state index contributed by atoms with van der Waals surface area (Å²) in [6, 6.07) is 5.38. The molecule has 0 saturated carbocycles. The van der Waals surface area contributed by atoms with Crippen molar-refractivity contribution in [2.24, 2.45) is 0 Å². The molecule has 120 valence electrons. The zero-order valence-electron chi connectivity index (χ0n) is 12.5. The van der Waals surface area contributed by atoms with Crippen molar-refractivity contribution in [1.29, 1.82) is 0 Å². The van der Waals surface area contributed by atoms with Crippen LogP contribution >= 0.6 is 28.1 Å². The molecule has 1 N–H and O–H groups in total. The minimum atomic E-state index is -0.525. The summed E-state index contributed by atoms with van der Waals surface area (Å²) in [5, 5.41) is 2.59. The van der Waals surface area contributed by atoms with E-state index in [1.165, 1.54) is 11.0 Å². The maximum absolute atomic E-state index is 12.5. The van der Waals surface area contributed by atoms with Crippen LogP contribution in [0.1, 0.15) is 12.5 Å². The molecule has 1 aliphatic heterocycles. The van der Waals surface area contributed by atoms with Crippen LogP contribution in [0.15, 0.2) is 40.9 Å². The van der Waals surface area contributed by atoms with Crippen LogP contribution in [0.25, 0.3) is 6.08 Å². The number of halogens is 1. The number of hydrogen-bond donors (Lipinski definition) is 1. The highest BCUT2D eigenvalue weighted by molar-refractivity contribution is 9.10. The van der Waals surface area contributed by atoms with E-state index in [1.807, 2.05) is 13.0 Å². The van der Waals surface area contributed by atoms with E-state index in [0.717, 1.165) is 4.47 Å². The molecule has 0 bridgehead atoms. The molecule has 1 aromatic rings. The lowest BCUT2D eigenvalue weighted by atomic mass is 10.1. The van der Waals surface area contributed by atoms with Gasteiger partial charge in [-0.05, 0) is 43.4 Å². The van der Waals surface area contributed by atoms with Crippen molar-refractivity contribution in [1.82, 2.24) is 10.2 Å². The first kappa shape index (κ1) is 17.4. The minimum Gasteiger partial charge on any atom is -0.493 e.